The zero-order chi connectivity index (χ0) is 20.6. The van der Waals surface area contributed by atoms with Gasteiger partial charge in [-0.2, -0.15) is 5.10 Å². The first-order valence-electron chi connectivity index (χ1n) is 9.36. The fourth-order valence-electron chi connectivity index (χ4n) is 2.66. The molecule has 152 valence electrons. The summed E-state index contributed by atoms with van der Waals surface area (Å²) < 4.78 is 12.5. The summed E-state index contributed by atoms with van der Waals surface area (Å²) in [6.45, 7) is 4.67. The first-order chi connectivity index (χ1) is 14.1. The number of aromatic nitrogens is 2. The molecule has 1 aromatic carbocycles. The molecule has 0 saturated carbocycles. The Kier molecular flexibility index (Phi) is 7.02. The van der Waals surface area contributed by atoms with E-state index in [0.29, 0.717) is 18.1 Å². The van der Waals surface area contributed by atoms with Crippen molar-refractivity contribution in [3.05, 3.63) is 64.3 Å². The normalized spacial score (nSPS) is 11.7. The number of ether oxygens (including phenoxy) is 2. The fraction of sp³-hybridized carbons (Fsp3) is 0.286. The molecular formula is C21H23N3O4S. The molecule has 1 amide bonds. The molecule has 2 aromatic heterocycles. The van der Waals surface area contributed by atoms with E-state index in [2.05, 4.69) is 10.4 Å². The van der Waals surface area contributed by atoms with Gasteiger partial charge in [0.15, 0.2) is 6.10 Å². The van der Waals surface area contributed by atoms with Crippen molar-refractivity contribution in [1.82, 2.24) is 15.1 Å². The Morgan fingerprint density at radius 3 is 2.79 bits per heavy atom. The maximum absolute atomic E-state index is 12.3. The highest BCUT2D eigenvalue weighted by Gasteiger charge is 2.15. The third-order valence-corrected chi connectivity index (χ3v) is 4.95. The second-order valence-electron chi connectivity index (χ2n) is 6.22. The van der Waals surface area contributed by atoms with Crippen LogP contribution in [0, 0.1) is 0 Å². The molecule has 0 aliphatic heterocycles. The van der Waals surface area contributed by atoms with Crippen LogP contribution in [0.4, 0.5) is 0 Å². The van der Waals surface area contributed by atoms with E-state index in [1.165, 1.54) is 10.7 Å². The van der Waals surface area contributed by atoms with Crippen LogP contribution < -0.4 is 20.3 Å². The molecule has 0 bridgehead atoms. The van der Waals surface area contributed by atoms with Gasteiger partial charge in [0.25, 0.3) is 11.5 Å². The van der Waals surface area contributed by atoms with Crippen LogP contribution in [0.15, 0.2) is 58.7 Å². The van der Waals surface area contributed by atoms with Crippen LogP contribution in [0.5, 0.6) is 11.5 Å². The quantitative estimate of drug-likeness (QED) is 0.583. The molecule has 0 saturated heterocycles. The van der Waals surface area contributed by atoms with Gasteiger partial charge in [-0.05, 0) is 43.5 Å². The maximum Gasteiger partial charge on any atom is 0.266 e. The lowest BCUT2D eigenvalue weighted by atomic mass is 10.3. The molecule has 1 unspecified atom stereocenters. The number of carbonyl (C=O) groups is 1. The highest BCUT2D eigenvalue weighted by molar-refractivity contribution is 7.13. The Labute approximate surface area is 172 Å². The number of hydrogen-bond donors (Lipinski definition) is 1. The van der Waals surface area contributed by atoms with Crippen molar-refractivity contribution in [1.29, 1.82) is 0 Å². The molecule has 1 atom stereocenters. The predicted molar refractivity (Wildman–Crippen MR) is 113 cm³/mol. The summed E-state index contributed by atoms with van der Waals surface area (Å²) in [6.07, 6.45) is -0.686. The molecule has 1 N–H and O–H groups in total. The Balaban J connectivity index is 1.54. The number of nitrogens with zero attached hydrogens (tertiary/aromatic N) is 2. The second kappa shape index (κ2) is 9.88. The van der Waals surface area contributed by atoms with Crippen LogP contribution in [0.1, 0.15) is 13.8 Å². The van der Waals surface area contributed by atoms with Crippen LogP contribution in [0.25, 0.3) is 10.6 Å². The smallest absolute Gasteiger partial charge is 0.266 e. The van der Waals surface area contributed by atoms with E-state index in [0.717, 1.165) is 10.6 Å². The van der Waals surface area contributed by atoms with E-state index in [4.69, 9.17) is 9.47 Å². The number of nitrogens with one attached hydrogen (secondary N) is 1. The molecule has 3 rings (SSSR count). The van der Waals surface area contributed by atoms with Gasteiger partial charge in [0.1, 0.15) is 17.2 Å². The molecule has 0 fully saturated rings. The third-order valence-electron chi connectivity index (χ3n) is 4.06. The summed E-state index contributed by atoms with van der Waals surface area (Å²) in [6, 6.07) is 14.2. The minimum absolute atomic E-state index is 0.211. The van der Waals surface area contributed by atoms with E-state index >= 15 is 0 Å². The van der Waals surface area contributed by atoms with Crippen molar-refractivity contribution in [3.8, 4) is 22.1 Å². The molecular weight excluding hydrogens is 390 g/mol. The van der Waals surface area contributed by atoms with Crippen LogP contribution in [0.2, 0.25) is 0 Å². The second-order valence-corrected chi connectivity index (χ2v) is 7.16. The van der Waals surface area contributed by atoms with Crippen LogP contribution in [-0.2, 0) is 11.3 Å². The van der Waals surface area contributed by atoms with E-state index in [1.54, 1.807) is 36.5 Å². The standard InChI is InChI=1S/C21H23N3O4S/c1-3-27-16-6-4-7-17(14-16)28-15(2)21(26)22-11-12-24-20(25)10-9-18(23-24)19-8-5-13-29-19/h4-10,13-15H,3,11-12H2,1-2H3,(H,22,26). The van der Waals surface area contributed by atoms with Gasteiger partial charge < -0.3 is 14.8 Å². The molecule has 8 heteroatoms. The molecule has 0 aliphatic rings. The highest BCUT2D eigenvalue weighted by Crippen LogP contribution is 2.21. The number of rotatable bonds is 9. The van der Waals surface area contributed by atoms with Gasteiger partial charge in [-0.3, -0.25) is 9.59 Å². The van der Waals surface area contributed by atoms with E-state index < -0.39 is 6.10 Å². The minimum Gasteiger partial charge on any atom is -0.494 e. The zero-order valence-corrected chi connectivity index (χ0v) is 17.1. The van der Waals surface area contributed by atoms with Crippen molar-refractivity contribution < 1.29 is 14.3 Å². The van der Waals surface area contributed by atoms with Crippen molar-refractivity contribution >= 4 is 17.2 Å². The Morgan fingerprint density at radius 1 is 1.21 bits per heavy atom. The molecule has 29 heavy (non-hydrogen) atoms. The van der Waals surface area contributed by atoms with Crippen LogP contribution in [0.3, 0.4) is 0 Å². The molecule has 0 spiro atoms. The molecule has 0 radical (unpaired) electrons. The van der Waals surface area contributed by atoms with Gasteiger partial charge in [0, 0.05) is 18.7 Å². The Hall–Kier alpha value is -3.13. The maximum atomic E-state index is 12.3. The topological polar surface area (TPSA) is 82.4 Å². The van der Waals surface area contributed by atoms with E-state index in [1.807, 2.05) is 36.6 Å². The summed E-state index contributed by atoms with van der Waals surface area (Å²) >= 11 is 1.55. The zero-order valence-electron chi connectivity index (χ0n) is 16.3. The van der Waals surface area contributed by atoms with Gasteiger partial charge in [0.05, 0.1) is 18.0 Å². The summed E-state index contributed by atoms with van der Waals surface area (Å²) in [7, 11) is 0. The predicted octanol–water partition coefficient (Wildman–Crippen LogP) is 2.95. The summed E-state index contributed by atoms with van der Waals surface area (Å²) in [5, 5.41) is 9.11. The number of hydrogen-bond acceptors (Lipinski definition) is 6. The lowest BCUT2D eigenvalue weighted by molar-refractivity contribution is -0.127. The summed E-state index contributed by atoms with van der Waals surface area (Å²) in [5.74, 6) is 0.975. The van der Waals surface area contributed by atoms with Crippen molar-refractivity contribution in [2.24, 2.45) is 0 Å². The average molecular weight is 413 g/mol. The van der Waals surface area contributed by atoms with Crippen LogP contribution >= 0.6 is 11.3 Å². The first kappa shape index (κ1) is 20.6. The van der Waals surface area contributed by atoms with Gasteiger partial charge in [-0.1, -0.05) is 12.1 Å². The van der Waals surface area contributed by atoms with Crippen molar-refractivity contribution in [2.75, 3.05) is 13.2 Å². The summed E-state index contributed by atoms with van der Waals surface area (Å²) in [4.78, 5) is 25.3. The third kappa shape index (κ3) is 5.68. The molecule has 2 heterocycles. The van der Waals surface area contributed by atoms with E-state index in [9.17, 15) is 9.59 Å². The van der Waals surface area contributed by atoms with Gasteiger partial charge in [-0.15, -0.1) is 11.3 Å². The lowest BCUT2D eigenvalue weighted by Crippen LogP contribution is -2.39. The minimum atomic E-state index is -0.686. The number of thiophene rings is 1. The highest BCUT2D eigenvalue weighted by atomic mass is 32.1. The Morgan fingerprint density at radius 2 is 2.03 bits per heavy atom. The fourth-order valence-corrected chi connectivity index (χ4v) is 3.35. The number of benzene rings is 1. The molecule has 7 nitrogen and oxygen atoms in total. The summed E-state index contributed by atoms with van der Waals surface area (Å²) in [5.41, 5.74) is 0.522. The molecule has 0 aliphatic carbocycles. The lowest BCUT2D eigenvalue weighted by Gasteiger charge is -2.15. The monoisotopic (exact) mass is 413 g/mol. The number of amides is 1. The Bertz CT molecular complexity index is 1000. The SMILES string of the molecule is CCOc1cccc(OC(C)C(=O)NCCn2nc(-c3cccs3)ccc2=O)c1. The van der Waals surface area contributed by atoms with Gasteiger partial charge >= 0.3 is 0 Å². The van der Waals surface area contributed by atoms with Gasteiger partial charge in [-0.25, -0.2) is 4.68 Å². The molecule has 3 aromatic rings. The first-order valence-corrected chi connectivity index (χ1v) is 10.2. The largest absolute Gasteiger partial charge is 0.494 e. The average Bonchev–Trinajstić information content (AvgIpc) is 3.24. The van der Waals surface area contributed by atoms with Crippen molar-refractivity contribution in [2.45, 2.75) is 26.5 Å². The van der Waals surface area contributed by atoms with E-state index in [-0.39, 0.29) is 24.6 Å². The van der Waals surface area contributed by atoms with Crippen molar-refractivity contribution in [3.63, 3.8) is 0 Å². The van der Waals surface area contributed by atoms with Crippen LogP contribution in [-0.4, -0.2) is 34.9 Å². The number of carbonyl (C=O) groups excluding carboxylic acids is 1. The van der Waals surface area contributed by atoms with Gasteiger partial charge in [0.2, 0.25) is 0 Å².